The molecule has 2 aliphatic rings. The van der Waals surface area contributed by atoms with Crippen molar-refractivity contribution in [2.24, 2.45) is 16.6 Å². The molecule has 1 amide bonds. The van der Waals surface area contributed by atoms with Gasteiger partial charge in [0, 0.05) is 12.6 Å². The van der Waals surface area contributed by atoms with Crippen LogP contribution >= 0.6 is 11.6 Å². The van der Waals surface area contributed by atoms with Gasteiger partial charge in [-0.05, 0) is 25.0 Å². The number of rotatable bonds is 4. The van der Waals surface area contributed by atoms with Crippen molar-refractivity contribution in [1.29, 1.82) is 0 Å². The number of nitrogens with two attached hydrogens (primary N) is 2. The van der Waals surface area contributed by atoms with Crippen LogP contribution in [0.1, 0.15) is 31.2 Å². The Morgan fingerprint density at radius 2 is 2.12 bits per heavy atom. The molecule has 3 rings (SSSR count). The summed E-state index contributed by atoms with van der Waals surface area (Å²) in [7, 11) is 1.72. The van der Waals surface area contributed by atoms with E-state index in [0.29, 0.717) is 5.70 Å². The SMILES string of the molecule is CN1C(=O)C(/C(N)=N\OCc2c(F)cccc2Cl)=C(N)C12CCCC2. The topological polar surface area (TPSA) is 93.9 Å². The van der Waals surface area contributed by atoms with Crippen LogP contribution in [-0.2, 0) is 16.2 Å². The number of halogens is 2. The molecule has 1 aliphatic carbocycles. The summed E-state index contributed by atoms with van der Waals surface area (Å²) >= 11 is 5.93. The van der Waals surface area contributed by atoms with Gasteiger partial charge in [-0.15, -0.1) is 0 Å². The molecule has 6 nitrogen and oxygen atoms in total. The smallest absolute Gasteiger partial charge is 0.260 e. The fourth-order valence-electron chi connectivity index (χ4n) is 3.59. The van der Waals surface area contributed by atoms with Crippen LogP contribution in [0.4, 0.5) is 4.39 Å². The molecule has 1 aliphatic heterocycles. The molecule has 0 unspecified atom stereocenters. The average Bonchev–Trinajstić information content (AvgIpc) is 3.13. The van der Waals surface area contributed by atoms with Crippen LogP contribution in [0.25, 0.3) is 0 Å². The number of carbonyl (C=O) groups is 1. The maximum absolute atomic E-state index is 13.7. The van der Waals surface area contributed by atoms with E-state index >= 15 is 0 Å². The Bertz CT molecular complexity index is 752. The molecule has 0 atom stereocenters. The lowest BCUT2D eigenvalue weighted by Gasteiger charge is -2.33. The van der Waals surface area contributed by atoms with Gasteiger partial charge >= 0.3 is 0 Å². The van der Waals surface area contributed by atoms with Crippen LogP contribution < -0.4 is 11.5 Å². The third-order valence-electron chi connectivity index (χ3n) is 5.05. The van der Waals surface area contributed by atoms with E-state index < -0.39 is 11.4 Å². The lowest BCUT2D eigenvalue weighted by molar-refractivity contribution is -0.127. The minimum absolute atomic E-state index is 0.106. The average molecular weight is 367 g/mol. The number of hydrogen-bond acceptors (Lipinski definition) is 4. The number of amidine groups is 1. The van der Waals surface area contributed by atoms with Gasteiger partial charge < -0.3 is 21.2 Å². The third kappa shape index (κ3) is 2.82. The van der Waals surface area contributed by atoms with Crippen LogP contribution in [0.15, 0.2) is 34.6 Å². The Morgan fingerprint density at radius 1 is 1.44 bits per heavy atom. The number of nitrogens with zero attached hydrogens (tertiary/aromatic N) is 2. The van der Waals surface area contributed by atoms with E-state index in [4.69, 9.17) is 27.9 Å². The number of hydrogen-bond donors (Lipinski definition) is 2. The molecule has 1 aromatic rings. The van der Waals surface area contributed by atoms with E-state index in [9.17, 15) is 9.18 Å². The van der Waals surface area contributed by atoms with Crippen molar-refractivity contribution in [2.75, 3.05) is 7.05 Å². The van der Waals surface area contributed by atoms with Gasteiger partial charge in [0.05, 0.1) is 16.3 Å². The second-order valence-corrected chi connectivity index (χ2v) is 6.75. The van der Waals surface area contributed by atoms with Crippen LogP contribution in [-0.4, -0.2) is 29.2 Å². The van der Waals surface area contributed by atoms with Crippen molar-refractivity contribution >= 4 is 23.3 Å². The molecule has 0 radical (unpaired) electrons. The predicted molar refractivity (Wildman–Crippen MR) is 93.0 cm³/mol. The van der Waals surface area contributed by atoms with E-state index in [1.54, 1.807) is 18.0 Å². The van der Waals surface area contributed by atoms with Crippen molar-refractivity contribution in [3.05, 3.63) is 45.9 Å². The van der Waals surface area contributed by atoms with Crippen molar-refractivity contribution in [3.63, 3.8) is 0 Å². The number of likely N-dealkylation sites (N-methyl/N-ethyl adjacent to an activating group) is 1. The van der Waals surface area contributed by atoms with E-state index in [1.165, 1.54) is 12.1 Å². The fourth-order valence-corrected chi connectivity index (χ4v) is 3.80. The van der Waals surface area contributed by atoms with E-state index in [0.717, 1.165) is 25.7 Å². The van der Waals surface area contributed by atoms with Crippen molar-refractivity contribution < 1.29 is 14.0 Å². The Morgan fingerprint density at radius 3 is 2.76 bits per heavy atom. The highest BCUT2D eigenvalue weighted by Gasteiger charge is 2.51. The first-order chi connectivity index (χ1) is 11.9. The second kappa shape index (κ2) is 6.55. The molecule has 25 heavy (non-hydrogen) atoms. The van der Waals surface area contributed by atoms with Crippen LogP contribution in [0.5, 0.6) is 0 Å². The zero-order valence-electron chi connectivity index (χ0n) is 13.9. The van der Waals surface area contributed by atoms with Gasteiger partial charge in [-0.1, -0.05) is 35.7 Å². The van der Waals surface area contributed by atoms with E-state index in [1.807, 2.05) is 0 Å². The zero-order valence-corrected chi connectivity index (χ0v) is 14.6. The quantitative estimate of drug-likeness (QED) is 0.485. The van der Waals surface area contributed by atoms with Crippen LogP contribution in [0.3, 0.4) is 0 Å². The molecular formula is C17H20ClFN4O2. The molecular weight excluding hydrogens is 347 g/mol. The molecule has 0 bridgehead atoms. The first kappa shape index (κ1) is 17.5. The summed E-state index contributed by atoms with van der Waals surface area (Å²) in [5.74, 6) is -0.875. The number of amides is 1. The van der Waals surface area contributed by atoms with E-state index in [-0.39, 0.29) is 34.5 Å². The fraction of sp³-hybridized carbons (Fsp3) is 0.412. The highest BCUT2D eigenvalue weighted by atomic mass is 35.5. The largest absolute Gasteiger partial charge is 0.399 e. The summed E-state index contributed by atoms with van der Waals surface area (Å²) in [4.78, 5) is 19.3. The molecule has 134 valence electrons. The standard InChI is InChI=1S/C17H20ClFN4O2/c1-23-16(24)13(14(20)17(23)7-2-3-8-17)15(21)22-25-9-10-11(18)5-4-6-12(10)19/h4-6H,2-3,7-9,20H2,1H3,(H2,21,22). The van der Waals surface area contributed by atoms with Gasteiger partial charge in [0.2, 0.25) is 0 Å². The van der Waals surface area contributed by atoms with E-state index in [2.05, 4.69) is 5.16 Å². The molecule has 1 saturated carbocycles. The molecule has 4 N–H and O–H groups in total. The second-order valence-electron chi connectivity index (χ2n) is 6.34. The summed E-state index contributed by atoms with van der Waals surface area (Å²) in [6, 6.07) is 4.33. The van der Waals surface area contributed by atoms with Crippen LogP contribution in [0.2, 0.25) is 5.02 Å². The van der Waals surface area contributed by atoms with Gasteiger partial charge in [0.1, 0.15) is 18.0 Å². The zero-order chi connectivity index (χ0) is 18.2. The predicted octanol–water partition coefficient (Wildman–Crippen LogP) is 2.27. The van der Waals surface area contributed by atoms with Crippen molar-refractivity contribution in [2.45, 2.75) is 37.8 Å². The molecule has 0 aromatic heterocycles. The molecule has 1 fully saturated rings. The van der Waals surface area contributed by atoms with Crippen LogP contribution in [0, 0.1) is 5.82 Å². The maximum atomic E-state index is 13.7. The van der Waals surface area contributed by atoms with Gasteiger partial charge in [0.25, 0.3) is 5.91 Å². The molecule has 1 heterocycles. The highest BCUT2D eigenvalue weighted by molar-refractivity contribution is 6.31. The van der Waals surface area contributed by atoms with Crippen molar-refractivity contribution in [3.8, 4) is 0 Å². The molecule has 1 aromatic carbocycles. The molecule has 1 spiro atoms. The van der Waals surface area contributed by atoms with Gasteiger partial charge in [-0.3, -0.25) is 4.79 Å². The first-order valence-corrected chi connectivity index (χ1v) is 8.43. The summed E-state index contributed by atoms with van der Waals surface area (Å²) in [6.07, 6.45) is 3.63. The summed E-state index contributed by atoms with van der Waals surface area (Å²) in [6.45, 7) is -0.200. The Hall–Kier alpha value is -2.28. The first-order valence-electron chi connectivity index (χ1n) is 8.05. The molecule has 0 saturated heterocycles. The van der Waals surface area contributed by atoms with Gasteiger partial charge in [0.15, 0.2) is 5.84 Å². The lowest BCUT2D eigenvalue weighted by atomic mass is 9.93. The van der Waals surface area contributed by atoms with Gasteiger partial charge in [-0.25, -0.2) is 4.39 Å². The minimum atomic E-state index is -0.499. The Balaban J connectivity index is 1.80. The Labute approximate surface area is 150 Å². The number of benzene rings is 1. The summed E-state index contributed by atoms with van der Waals surface area (Å²) < 4.78 is 13.7. The third-order valence-corrected chi connectivity index (χ3v) is 5.41. The lowest BCUT2D eigenvalue weighted by Crippen LogP contribution is -2.45. The summed E-state index contributed by atoms with van der Waals surface area (Å²) in [5, 5.41) is 3.99. The summed E-state index contributed by atoms with van der Waals surface area (Å²) in [5.41, 5.74) is 12.5. The van der Waals surface area contributed by atoms with Crippen molar-refractivity contribution in [1.82, 2.24) is 4.90 Å². The monoisotopic (exact) mass is 366 g/mol. The Kier molecular flexibility index (Phi) is 4.60. The normalized spacial score (nSPS) is 20.0. The number of carbonyl (C=O) groups excluding carboxylic acids is 1. The number of oxime groups is 1. The minimum Gasteiger partial charge on any atom is -0.399 e. The maximum Gasteiger partial charge on any atom is 0.260 e. The van der Waals surface area contributed by atoms with Gasteiger partial charge in [-0.2, -0.15) is 0 Å². The highest BCUT2D eigenvalue weighted by Crippen LogP contribution is 2.44. The molecule has 8 heteroatoms.